The minimum atomic E-state index is -0.368. The second kappa shape index (κ2) is 6.18. The highest BCUT2D eigenvalue weighted by atomic mass is 79.9. The first-order valence-corrected chi connectivity index (χ1v) is 8.19. The van der Waals surface area contributed by atoms with Gasteiger partial charge in [0.1, 0.15) is 0 Å². The molecule has 0 saturated carbocycles. The molecule has 4 nitrogen and oxygen atoms in total. The van der Waals surface area contributed by atoms with Crippen molar-refractivity contribution >= 4 is 45.2 Å². The van der Waals surface area contributed by atoms with E-state index in [-0.39, 0.29) is 29.5 Å². The molecule has 0 aromatic heterocycles. The zero-order valence-corrected chi connectivity index (χ0v) is 13.8. The Hall–Kier alpha value is -1.01. The summed E-state index contributed by atoms with van der Waals surface area (Å²) in [6.45, 7) is 3.87. The Balaban J connectivity index is 2.17. The summed E-state index contributed by atoms with van der Waals surface area (Å²) in [4.78, 5) is 26.6. The van der Waals surface area contributed by atoms with Gasteiger partial charge in [-0.1, -0.05) is 22.9 Å². The van der Waals surface area contributed by atoms with E-state index in [0.29, 0.717) is 5.69 Å². The quantitative estimate of drug-likeness (QED) is 0.665. The van der Waals surface area contributed by atoms with Crippen LogP contribution in [0.1, 0.15) is 26.7 Å². The number of halogens is 1. The third-order valence-electron chi connectivity index (χ3n) is 3.42. The number of benzene rings is 1. The molecule has 1 heterocycles. The van der Waals surface area contributed by atoms with Crippen LogP contribution >= 0.6 is 27.7 Å². The normalized spacial score (nSPS) is 20.6. The van der Waals surface area contributed by atoms with Crippen LogP contribution < -0.4 is 5.73 Å². The van der Waals surface area contributed by atoms with Gasteiger partial charge in [0.2, 0.25) is 11.8 Å². The topological polar surface area (TPSA) is 63.4 Å². The molecule has 2 rings (SSSR count). The van der Waals surface area contributed by atoms with Crippen molar-refractivity contribution in [3.8, 4) is 0 Å². The minimum Gasteiger partial charge on any atom is -0.398 e. The number of thioether (sulfide) groups is 1. The van der Waals surface area contributed by atoms with Crippen LogP contribution in [0.3, 0.4) is 0 Å². The average molecular weight is 357 g/mol. The van der Waals surface area contributed by atoms with Gasteiger partial charge < -0.3 is 5.73 Å². The molecule has 0 aliphatic carbocycles. The van der Waals surface area contributed by atoms with Gasteiger partial charge in [-0.05, 0) is 31.5 Å². The number of hydrogen-bond acceptors (Lipinski definition) is 4. The predicted molar refractivity (Wildman–Crippen MR) is 84.4 cm³/mol. The van der Waals surface area contributed by atoms with E-state index < -0.39 is 0 Å². The van der Waals surface area contributed by atoms with Crippen LogP contribution in [-0.2, 0) is 9.59 Å². The number of imide groups is 1. The maximum atomic E-state index is 12.3. The second-order valence-electron chi connectivity index (χ2n) is 4.85. The summed E-state index contributed by atoms with van der Waals surface area (Å²) in [5.74, 6) is -0.191. The average Bonchev–Trinajstić information content (AvgIpc) is 2.68. The van der Waals surface area contributed by atoms with Crippen LogP contribution in [0.5, 0.6) is 0 Å². The van der Waals surface area contributed by atoms with Gasteiger partial charge in [-0.15, -0.1) is 11.8 Å². The van der Waals surface area contributed by atoms with E-state index in [1.807, 2.05) is 26.0 Å². The van der Waals surface area contributed by atoms with Crippen molar-refractivity contribution in [1.29, 1.82) is 0 Å². The number of carbonyl (C=O) groups is 2. The largest absolute Gasteiger partial charge is 0.398 e. The molecule has 0 spiro atoms. The van der Waals surface area contributed by atoms with Crippen molar-refractivity contribution in [2.45, 2.75) is 42.9 Å². The van der Waals surface area contributed by atoms with Crippen LogP contribution in [0.25, 0.3) is 0 Å². The summed E-state index contributed by atoms with van der Waals surface area (Å²) in [7, 11) is 0. The zero-order chi connectivity index (χ0) is 14.9. The molecule has 0 radical (unpaired) electrons. The Kier molecular flexibility index (Phi) is 4.75. The third kappa shape index (κ3) is 3.01. The van der Waals surface area contributed by atoms with E-state index in [0.717, 1.165) is 15.8 Å². The first kappa shape index (κ1) is 15.4. The predicted octanol–water partition coefficient (Wildman–Crippen LogP) is 3.05. The molecule has 2 amide bonds. The van der Waals surface area contributed by atoms with Crippen molar-refractivity contribution in [1.82, 2.24) is 4.90 Å². The Bertz CT molecular complexity index is 550. The molecule has 2 atom stereocenters. The zero-order valence-electron chi connectivity index (χ0n) is 11.4. The van der Waals surface area contributed by atoms with E-state index >= 15 is 0 Å². The van der Waals surface area contributed by atoms with Gasteiger partial charge in [0.15, 0.2) is 0 Å². The van der Waals surface area contributed by atoms with Crippen LogP contribution in [0.2, 0.25) is 0 Å². The first-order chi connectivity index (χ1) is 9.43. The van der Waals surface area contributed by atoms with Crippen molar-refractivity contribution in [2.75, 3.05) is 5.73 Å². The number of nitrogens with zero attached hydrogens (tertiary/aromatic N) is 1. The Morgan fingerprint density at radius 2 is 2.20 bits per heavy atom. The highest BCUT2D eigenvalue weighted by Crippen LogP contribution is 2.36. The number of carbonyl (C=O) groups excluding carboxylic acids is 2. The number of rotatable bonds is 4. The highest BCUT2D eigenvalue weighted by molar-refractivity contribution is 9.10. The molecule has 1 fully saturated rings. The summed E-state index contributed by atoms with van der Waals surface area (Å²) in [5, 5.41) is -0.368. The van der Waals surface area contributed by atoms with Gasteiger partial charge in [0.25, 0.3) is 0 Å². The molecule has 20 heavy (non-hydrogen) atoms. The van der Waals surface area contributed by atoms with Crippen molar-refractivity contribution in [3.05, 3.63) is 22.7 Å². The van der Waals surface area contributed by atoms with Gasteiger partial charge in [-0.3, -0.25) is 14.5 Å². The third-order valence-corrected chi connectivity index (χ3v) is 5.17. The van der Waals surface area contributed by atoms with Crippen molar-refractivity contribution < 1.29 is 9.59 Å². The molecule has 2 N–H and O–H groups in total. The summed E-state index contributed by atoms with van der Waals surface area (Å²) in [6.07, 6.45) is 1.02. The van der Waals surface area contributed by atoms with E-state index in [2.05, 4.69) is 15.9 Å². The Labute approximate surface area is 131 Å². The van der Waals surface area contributed by atoms with Crippen molar-refractivity contribution in [2.24, 2.45) is 0 Å². The molecule has 1 aromatic rings. The van der Waals surface area contributed by atoms with Crippen LogP contribution in [-0.4, -0.2) is 28.0 Å². The van der Waals surface area contributed by atoms with E-state index in [9.17, 15) is 9.59 Å². The standard InChI is InChI=1S/C14H17BrN2O2S/c1-3-8(2)17-13(18)7-12(14(17)19)20-11-6-9(15)4-5-10(11)16/h4-6,8,12H,3,7,16H2,1-2H3. The fourth-order valence-corrected chi connectivity index (χ4v) is 3.78. The van der Waals surface area contributed by atoms with E-state index in [4.69, 9.17) is 5.73 Å². The highest BCUT2D eigenvalue weighted by Gasteiger charge is 2.41. The lowest BCUT2D eigenvalue weighted by atomic mass is 10.2. The molecular weight excluding hydrogens is 340 g/mol. The molecule has 6 heteroatoms. The number of amides is 2. The Morgan fingerprint density at radius 1 is 1.50 bits per heavy atom. The molecule has 1 aliphatic heterocycles. The number of likely N-dealkylation sites (tertiary alicyclic amines) is 1. The van der Waals surface area contributed by atoms with Crippen LogP contribution in [0.4, 0.5) is 5.69 Å². The smallest absolute Gasteiger partial charge is 0.243 e. The van der Waals surface area contributed by atoms with Gasteiger partial charge in [-0.2, -0.15) is 0 Å². The molecule has 108 valence electrons. The molecule has 1 aromatic carbocycles. The van der Waals surface area contributed by atoms with E-state index in [1.165, 1.54) is 16.7 Å². The van der Waals surface area contributed by atoms with Crippen LogP contribution in [0.15, 0.2) is 27.6 Å². The van der Waals surface area contributed by atoms with Crippen LogP contribution in [0, 0.1) is 0 Å². The van der Waals surface area contributed by atoms with Gasteiger partial charge in [0.05, 0.1) is 5.25 Å². The lowest BCUT2D eigenvalue weighted by Crippen LogP contribution is -2.38. The minimum absolute atomic E-state index is 0.0412. The summed E-state index contributed by atoms with van der Waals surface area (Å²) in [6, 6.07) is 5.48. The molecule has 0 bridgehead atoms. The second-order valence-corrected chi connectivity index (χ2v) is 7.01. The lowest BCUT2D eigenvalue weighted by molar-refractivity contribution is -0.140. The van der Waals surface area contributed by atoms with Gasteiger partial charge in [0, 0.05) is 27.5 Å². The van der Waals surface area contributed by atoms with Gasteiger partial charge >= 0.3 is 0 Å². The SMILES string of the molecule is CCC(C)N1C(=O)CC(Sc2cc(Br)ccc2N)C1=O. The molecule has 1 aliphatic rings. The fourth-order valence-electron chi connectivity index (χ4n) is 2.12. The number of anilines is 1. The fraction of sp³-hybridized carbons (Fsp3) is 0.429. The maximum Gasteiger partial charge on any atom is 0.243 e. The molecule has 2 unspecified atom stereocenters. The molecular formula is C14H17BrN2O2S. The summed E-state index contributed by atoms with van der Waals surface area (Å²) in [5.41, 5.74) is 6.54. The number of nitrogens with two attached hydrogens (primary N) is 1. The van der Waals surface area contributed by atoms with Crippen molar-refractivity contribution in [3.63, 3.8) is 0 Å². The van der Waals surface area contributed by atoms with Gasteiger partial charge in [-0.25, -0.2) is 0 Å². The first-order valence-electron chi connectivity index (χ1n) is 6.51. The summed E-state index contributed by atoms with van der Waals surface area (Å²) < 4.78 is 0.907. The Morgan fingerprint density at radius 3 is 2.85 bits per heavy atom. The summed E-state index contributed by atoms with van der Waals surface area (Å²) >= 11 is 4.76. The molecule has 1 saturated heterocycles. The number of nitrogen functional groups attached to an aromatic ring is 1. The maximum absolute atomic E-state index is 12.3. The lowest BCUT2D eigenvalue weighted by Gasteiger charge is -2.21. The van der Waals surface area contributed by atoms with E-state index in [1.54, 1.807) is 6.07 Å². The number of hydrogen-bond donors (Lipinski definition) is 1. The monoisotopic (exact) mass is 356 g/mol.